The molecule has 1 aromatic heterocycles. The predicted octanol–water partition coefficient (Wildman–Crippen LogP) is 3.72. The molecule has 0 spiro atoms. The Hall–Kier alpha value is -2.91. The normalized spacial score (nSPS) is 11.3. The second kappa shape index (κ2) is 7.57. The number of nitrogens with zero attached hydrogens (tertiary/aromatic N) is 3. The van der Waals surface area contributed by atoms with Gasteiger partial charge in [0.25, 0.3) is 5.69 Å². The fourth-order valence-electron chi connectivity index (χ4n) is 2.62. The number of nitriles is 1. The molecule has 0 radical (unpaired) electrons. The van der Waals surface area contributed by atoms with Crippen molar-refractivity contribution < 1.29 is 9.66 Å². The fourth-order valence-corrected chi connectivity index (χ4v) is 2.62. The van der Waals surface area contributed by atoms with Crippen molar-refractivity contribution in [3.8, 4) is 6.07 Å². The van der Waals surface area contributed by atoms with E-state index >= 15 is 0 Å². The van der Waals surface area contributed by atoms with E-state index in [4.69, 9.17) is 4.74 Å². The number of hydrogen-bond donors (Lipinski definition) is 0. The van der Waals surface area contributed by atoms with Gasteiger partial charge < -0.3 is 9.30 Å². The zero-order chi connectivity index (χ0) is 17.7. The Bertz CT molecular complexity index is 829. The Morgan fingerprint density at radius 1 is 1.42 bits per heavy atom. The molecule has 2 aromatic rings. The number of rotatable bonds is 6. The molecule has 124 valence electrons. The fraction of sp³-hybridized carbons (Fsp3) is 0.278. The lowest BCUT2D eigenvalue weighted by Gasteiger charge is -2.08. The maximum absolute atomic E-state index is 10.9. The summed E-state index contributed by atoms with van der Waals surface area (Å²) in [5, 5.41) is 20.4. The third-order valence-corrected chi connectivity index (χ3v) is 3.92. The van der Waals surface area contributed by atoms with E-state index < -0.39 is 4.92 Å². The molecule has 0 bridgehead atoms. The van der Waals surface area contributed by atoms with Gasteiger partial charge in [-0.25, -0.2) is 0 Å². The second-order valence-corrected chi connectivity index (χ2v) is 5.45. The van der Waals surface area contributed by atoms with Crippen LogP contribution in [0.2, 0.25) is 0 Å². The number of nitro benzene ring substituents is 1. The molecule has 6 heteroatoms. The van der Waals surface area contributed by atoms with Gasteiger partial charge in [0.2, 0.25) is 0 Å². The van der Waals surface area contributed by atoms with Gasteiger partial charge in [-0.15, -0.1) is 0 Å². The van der Waals surface area contributed by atoms with E-state index in [9.17, 15) is 15.4 Å². The van der Waals surface area contributed by atoms with Gasteiger partial charge in [-0.2, -0.15) is 5.26 Å². The van der Waals surface area contributed by atoms with E-state index in [0.29, 0.717) is 17.7 Å². The average Bonchev–Trinajstić information content (AvgIpc) is 2.84. The third kappa shape index (κ3) is 3.70. The monoisotopic (exact) mass is 325 g/mol. The van der Waals surface area contributed by atoms with Gasteiger partial charge in [0.1, 0.15) is 0 Å². The smallest absolute Gasteiger partial charge is 0.270 e. The molecule has 6 nitrogen and oxygen atoms in total. The number of nitro groups is 1. The van der Waals surface area contributed by atoms with Crippen molar-refractivity contribution in [1.29, 1.82) is 5.26 Å². The first-order valence-corrected chi connectivity index (χ1v) is 7.50. The highest BCUT2D eigenvalue weighted by atomic mass is 16.6. The van der Waals surface area contributed by atoms with Crippen molar-refractivity contribution in [2.45, 2.75) is 20.4 Å². The molecule has 1 heterocycles. The maximum atomic E-state index is 10.9. The van der Waals surface area contributed by atoms with Gasteiger partial charge in [0.15, 0.2) is 0 Å². The van der Waals surface area contributed by atoms with Crippen LogP contribution in [0, 0.1) is 35.3 Å². The van der Waals surface area contributed by atoms with Crippen LogP contribution < -0.4 is 0 Å². The predicted molar refractivity (Wildman–Crippen MR) is 92.4 cm³/mol. The van der Waals surface area contributed by atoms with Crippen LogP contribution >= 0.6 is 0 Å². The lowest BCUT2D eigenvalue weighted by Crippen LogP contribution is -2.07. The zero-order valence-electron chi connectivity index (χ0n) is 13.9. The van der Waals surface area contributed by atoms with Crippen molar-refractivity contribution in [3.63, 3.8) is 0 Å². The summed E-state index contributed by atoms with van der Waals surface area (Å²) in [5.74, 6) is 0. The molecular weight excluding hydrogens is 306 g/mol. The minimum absolute atomic E-state index is 0.0285. The van der Waals surface area contributed by atoms with Crippen molar-refractivity contribution in [3.05, 3.63) is 63.0 Å². The van der Waals surface area contributed by atoms with Gasteiger partial charge in [0.05, 0.1) is 23.2 Å². The number of methoxy groups -OCH3 is 1. The van der Waals surface area contributed by atoms with E-state index in [1.807, 2.05) is 19.9 Å². The molecule has 24 heavy (non-hydrogen) atoms. The van der Waals surface area contributed by atoms with Crippen LogP contribution in [0.25, 0.3) is 11.6 Å². The number of aryl methyl sites for hydroxylation is 1. The summed E-state index contributed by atoms with van der Waals surface area (Å²) in [5.41, 5.74) is 3.93. The lowest BCUT2D eigenvalue weighted by molar-refractivity contribution is -0.384. The van der Waals surface area contributed by atoms with Gasteiger partial charge in [-0.1, -0.05) is 12.1 Å². The average molecular weight is 325 g/mol. The maximum Gasteiger partial charge on any atom is 0.270 e. The molecule has 0 saturated heterocycles. The highest BCUT2D eigenvalue weighted by Crippen LogP contribution is 2.24. The number of benzene rings is 1. The first-order valence-electron chi connectivity index (χ1n) is 7.50. The number of ether oxygens (including phenoxy) is 1. The molecule has 0 amide bonds. The quantitative estimate of drug-likeness (QED) is 0.460. The minimum Gasteiger partial charge on any atom is -0.383 e. The third-order valence-electron chi connectivity index (χ3n) is 3.92. The molecular formula is C18H19N3O3. The van der Waals surface area contributed by atoms with Crippen LogP contribution in [0.5, 0.6) is 0 Å². The summed E-state index contributed by atoms with van der Waals surface area (Å²) in [7, 11) is 1.66. The highest BCUT2D eigenvalue weighted by molar-refractivity contribution is 5.90. The Morgan fingerprint density at radius 3 is 2.79 bits per heavy atom. The number of aromatic nitrogens is 1. The van der Waals surface area contributed by atoms with Crippen molar-refractivity contribution in [2.24, 2.45) is 0 Å². The molecule has 0 aliphatic heterocycles. The molecule has 0 aliphatic carbocycles. The van der Waals surface area contributed by atoms with Crippen LogP contribution in [0.15, 0.2) is 30.3 Å². The summed E-state index contributed by atoms with van der Waals surface area (Å²) in [4.78, 5) is 10.4. The van der Waals surface area contributed by atoms with E-state index in [-0.39, 0.29) is 5.69 Å². The molecule has 1 aromatic carbocycles. The first-order chi connectivity index (χ1) is 11.5. The zero-order valence-corrected chi connectivity index (χ0v) is 13.9. The van der Waals surface area contributed by atoms with Crippen LogP contribution in [-0.2, 0) is 11.3 Å². The summed E-state index contributed by atoms with van der Waals surface area (Å²) >= 11 is 0. The molecule has 2 rings (SSSR count). The highest BCUT2D eigenvalue weighted by Gasteiger charge is 2.11. The standard InChI is InChI=1S/C18H19N3O3/c1-13-9-16(14(2)20(13)7-8-24-3)10-17(12-19)15-5-4-6-18(11-15)21(22)23/h4-6,9-11H,7-8H2,1-3H3. The van der Waals surface area contributed by atoms with Crippen molar-refractivity contribution in [1.82, 2.24) is 4.57 Å². The molecule has 0 saturated carbocycles. The van der Waals surface area contributed by atoms with E-state index in [0.717, 1.165) is 23.5 Å². The second-order valence-electron chi connectivity index (χ2n) is 5.45. The Labute approximate surface area is 140 Å². The lowest BCUT2D eigenvalue weighted by atomic mass is 10.0. The molecule has 0 aliphatic rings. The van der Waals surface area contributed by atoms with Gasteiger partial charge in [0, 0.05) is 37.2 Å². The number of allylic oxidation sites excluding steroid dienone is 1. The Morgan fingerprint density at radius 2 is 2.17 bits per heavy atom. The Balaban J connectivity index is 2.43. The topological polar surface area (TPSA) is 81.1 Å². The van der Waals surface area contributed by atoms with Gasteiger partial charge in [-0.3, -0.25) is 10.1 Å². The summed E-state index contributed by atoms with van der Waals surface area (Å²) in [6.45, 7) is 5.33. The van der Waals surface area contributed by atoms with Crippen LogP contribution in [0.4, 0.5) is 5.69 Å². The minimum atomic E-state index is -0.463. The summed E-state index contributed by atoms with van der Waals surface area (Å²) < 4.78 is 7.24. The number of hydrogen-bond acceptors (Lipinski definition) is 4. The summed E-state index contributed by atoms with van der Waals surface area (Å²) in [6.07, 6.45) is 1.77. The largest absolute Gasteiger partial charge is 0.383 e. The summed E-state index contributed by atoms with van der Waals surface area (Å²) in [6, 6.07) is 10.2. The molecule has 0 fully saturated rings. The number of non-ortho nitro benzene ring substituents is 1. The van der Waals surface area contributed by atoms with Crippen molar-refractivity contribution in [2.75, 3.05) is 13.7 Å². The molecule has 0 N–H and O–H groups in total. The Kier molecular flexibility index (Phi) is 5.51. The van der Waals surface area contributed by atoms with Crippen LogP contribution in [0.3, 0.4) is 0 Å². The molecule has 0 unspecified atom stereocenters. The van der Waals surface area contributed by atoms with E-state index in [1.54, 1.807) is 25.3 Å². The van der Waals surface area contributed by atoms with Gasteiger partial charge >= 0.3 is 0 Å². The van der Waals surface area contributed by atoms with E-state index in [1.165, 1.54) is 12.1 Å². The van der Waals surface area contributed by atoms with Crippen molar-refractivity contribution >= 4 is 17.3 Å². The van der Waals surface area contributed by atoms with E-state index in [2.05, 4.69) is 10.6 Å². The molecule has 0 atom stereocenters. The van der Waals surface area contributed by atoms with Crippen LogP contribution in [-0.4, -0.2) is 23.2 Å². The first kappa shape index (κ1) is 17.4. The van der Waals surface area contributed by atoms with Gasteiger partial charge in [-0.05, 0) is 37.1 Å². The van der Waals surface area contributed by atoms with Crippen LogP contribution in [0.1, 0.15) is 22.5 Å². The SMILES string of the molecule is COCCn1c(C)cc(C=C(C#N)c2cccc([N+](=O)[O-])c2)c1C.